The summed E-state index contributed by atoms with van der Waals surface area (Å²) in [6.07, 6.45) is 3.61. The van der Waals surface area contributed by atoms with Crippen molar-refractivity contribution in [3.05, 3.63) is 48.3 Å². The minimum Gasteiger partial charge on any atom is -0.383 e. The zero-order valence-electron chi connectivity index (χ0n) is 12.4. The summed E-state index contributed by atoms with van der Waals surface area (Å²) >= 11 is 0. The number of anilines is 1. The van der Waals surface area contributed by atoms with Gasteiger partial charge < -0.3 is 15.8 Å². The van der Waals surface area contributed by atoms with Gasteiger partial charge in [-0.1, -0.05) is 30.3 Å². The molecule has 3 N–H and O–H groups in total. The Bertz CT molecular complexity index is 574. The molecule has 0 aliphatic rings. The van der Waals surface area contributed by atoms with Crippen LogP contribution < -0.4 is 11.1 Å². The molecule has 2 rings (SSSR count). The van der Waals surface area contributed by atoms with E-state index in [0.29, 0.717) is 18.8 Å². The number of nitrogens with two attached hydrogens (primary N) is 1. The van der Waals surface area contributed by atoms with Crippen LogP contribution in [-0.4, -0.2) is 29.4 Å². The lowest BCUT2D eigenvalue weighted by Crippen LogP contribution is -2.20. The molecule has 1 aromatic carbocycles. The second kappa shape index (κ2) is 9.19. The summed E-state index contributed by atoms with van der Waals surface area (Å²) in [6.45, 7) is 1.23. The fourth-order valence-electron chi connectivity index (χ4n) is 1.97. The molecule has 7 heteroatoms. The van der Waals surface area contributed by atoms with Crippen LogP contribution in [0.15, 0.2) is 42.7 Å². The smallest absolute Gasteiger partial charge is 0.226 e. The number of halogens is 1. The molecular weight excluding hydrogens is 304 g/mol. The largest absolute Gasteiger partial charge is 0.383 e. The third kappa shape index (κ3) is 5.48. The third-order valence-corrected chi connectivity index (χ3v) is 3.07. The highest BCUT2D eigenvalue weighted by atomic mass is 35.5. The summed E-state index contributed by atoms with van der Waals surface area (Å²) in [6, 6.07) is 9.26. The lowest BCUT2D eigenvalue weighted by molar-refractivity contribution is -0.116. The van der Waals surface area contributed by atoms with Gasteiger partial charge in [0.2, 0.25) is 5.91 Å². The first kappa shape index (κ1) is 18.2. The van der Waals surface area contributed by atoms with Gasteiger partial charge in [0.15, 0.2) is 0 Å². The van der Waals surface area contributed by atoms with Crippen LogP contribution in [0.2, 0.25) is 0 Å². The molecule has 0 bridgehead atoms. The Balaban J connectivity index is 0.00000242. The standard InChI is InChI=1S/C15H20N4O2.ClH/c1-21-8-7-19-11-13(10-17-19)18-15(20)9-14(16)12-5-3-2-4-6-12;/h2-6,10-11,14H,7-9,16H2,1H3,(H,18,20);1H. The molecule has 0 saturated heterocycles. The van der Waals surface area contributed by atoms with Crippen molar-refractivity contribution in [2.45, 2.75) is 19.0 Å². The predicted molar refractivity (Wildman–Crippen MR) is 88.0 cm³/mol. The first-order valence-electron chi connectivity index (χ1n) is 6.81. The van der Waals surface area contributed by atoms with Crippen molar-refractivity contribution in [3.63, 3.8) is 0 Å². The number of hydrogen-bond donors (Lipinski definition) is 2. The van der Waals surface area contributed by atoms with Crippen molar-refractivity contribution >= 4 is 24.0 Å². The number of nitrogens with zero attached hydrogens (tertiary/aromatic N) is 2. The van der Waals surface area contributed by atoms with E-state index < -0.39 is 0 Å². The number of amides is 1. The first-order valence-corrected chi connectivity index (χ1v) is 6.81. The molecular formula is C15H21ClN4O2. The van der Waals surface area contributed by atoms with Gasteiger partial charge in [0.1, 0.15) is 0 Å². The van der Waals surface area contributed by atoms with Crippen molar-refractivity contribution in [2.24, 2.45) is 5.73 Å². The van der Waals surface area contributed by atoms with Gasteiger partial charge in [-0.15, -0.1) is 12.4 Å². The molecule has 0 aliphatic carbocycles. The lowest BCUT2D eigenvalue weighted by atomic mass is 10.0. The highest BCUT2D eigenvalue weighted by Crippen LogP contribution is 2.14. The molecule has 1 heterocycles. The number of ether oxygens (including phenoxy) is 1. The summed E-state index contributed by atoms with van der Waals surface area (Å²) < 4.78 is 6.69. The number of carbonyl (C=O) groups excluding carboxylic acids is 1. The Morgan fingerprint density at radius 2 is 2.14 bits per heavy atom. The highest BCUT2D eigenvalue weighted by Gasteiger charge is 2.12. The van der Waals surface area contributed by atoms with E-state index in [1.807, 2.05) is 30.3 Å². The Kier molecular flexibility index (Phi) is 7.59. The quantitative estimate of drug-likeness (QED) is 0.816. The second-order valence-corrected chi connectivity index (χ2v) is 4.75. The van der Waals surface area contributed by atoms with E-state index in [9.17, 15) is 4.79 Å². The van der Waals surface area contributed by atoms with Crippen LogP contribution >= 0.6 is 12.4 Å². The van der Waals surface area contributed by atoms with Crippen LogP contribution in [0.1, 0.15) is 18.0 Å². The summed E-state index contributed by atoms with van der Waals surface area (Å²) in [7, 11) is 1.64. The molecule has 1 amide bonds. The second-order valence-electron chi connectivity index (χ2n) is 4.75. The Labute approximate surface area is 136 Å². The summed E-state index contributed by atoms with van der Waals surface area (Å²) in [5.74, 6) is -0.127. The maximum atomic E-state index is 12.0. The van der Waals surface area contributed by atoms with E-state index >= 15 is 0 Å². The average Bonchev–Trinajstić information content (AvgIpc) is 2.93. The van der Waals surface area contributed by atoms with Gasteiger partial charge in [-0.25, -0.2) is 0 Å². The molecule has 1 atom stereocenters. The first-order chi connectivity index (χ1) is 10.2. The molecule has 0 saturated carbocycles. The number of aromatic nitrogens is 2. The van der Waals surface area contributed by atoms with Crippen molar-refractivity contribution < 1.29 is 9.53 Å². The van der Waals surface area contributed by atoms with E-state index in [2.05, 4.69) is 10.4 Å². The van der Waals surface area contributed by atoms with E-state index in [4.69, 9.17) is 10.5 Å². The Hall–Kier alpha value is -1.89. The van der Waals surface area contributed by atoms with Crippen molar-refractivity contribution in [1.82, 2.24) is 9.78 Å². The lowest BCUT2D eigenvalue weighted by Gasteiger charge is -2.11. The van der Waals surface area contributed by atoms with Crippen LogP contribution in [0, 0.1) is 0 Å². The molecule has 120 valence electrons. The zero-order chi connectivity index (χ0) is 15.1. The minimum absolute atomic E-state index is 0. The summed E-state index contributed by atoms with van der Waals surface area (Å²) in [4.78, 5) is 12.0. The molecule has 22 heavy (non-hydrogen) atoms. The van der Waals surface area contributed by atoms with Gasteiger partial charge in [0.05, 0.1) is 25.0 Å². The third-order valence-electron chi connectivity index (χ3n) is 3.07. The Morgan fingerprint density at radius 1 is 1.41 bits per heavy atom. The SMILES string of the molecule is COCCn1cc(NC(=O)CC(N)c2ccccc2)cn1.Cl. The van der Waals surface area contributed by atoms with Gasteiger partial charge in [-0.2, -0.15) is 5.10 Å². The summed E-state index contributed by atoms with van der Waals surface area (Å²) in [5, 5.41) is 6.93. The van der Waals surface area contributed by atoms with Crippen LogP contribution in [0.5, 0.6) is 0 Å². The van der Waals surface area contributed by atoms with Gasteiger partial charge in [0, 0.05) is 25.8 Å². The molecule has 0 fully saturated rings. The minimum atomic E-state index is -0.310. The maximum Gasteiger partial charge on any atom is 0.226 e. The van der Waals surface area contributed by atoms with Gasteiger partial charge in [-0.3, -0.25) is 9.48 Å². The normalized spacial score (nSPS) is 11.5. The number of rotatable bonds is 7. The zero-order valence-corrected chi connectivity index (χ0v) is 13.3. The number of carbonyl (C=O) groups is 1. The predicted octanol–water partition coefficient (Wildman–Crippen LogP) is 1.98. The van der Waals surface area contributed by atoms with E-state index in [0.717, 1.165) is 5.56 Å². The molecule has 6 nitrogen and oxygen atoms in total. The van der Waals surface area contributed by atoms with Crippen LogP contribution in [-0.2, 0) is 16.1 Å². The highest BCUT2D eigenvalue weighted by molar-refractivity contribution is 5.90. The molecule has 1 unspecified atom stereocenters. The fourth-order valence-corrected chi connectivity index (χ4v) is 1.97. The maximum absolute atomic E-state index is 12.0. The summed E-state index contributed by atoms with van der Waals surface area (Å²) in [5.41, 5.74) is 7.63. The number of methoxy groups -OCH3 is 1. The fraction of sp³-hybridized carbons (Fsp3) is 0.333. The molecule has 0 aliphatic heterocycles. The van der Waals surface area contributed by atoms with Gasteiger partial charge in [-0.05, 0) is 5.56 Å². The van der Waals surface area contributed by atoms with Crippen molar-refractivity contribution in [1.29, 1.82) is 0 Å². The number of nitrogens with one attached hydrogen (secondary N) is 1. The molecule has 1 aromatic heterocycles. The molecule has 0 spiro atoms. The average molecular weight is 325 g/mol. The van der Waals surface area contributed by atoms with E-state index in [1.165, 1.54) is 0 Å². The number of benzene rings is 1. The van der Waals surface area contributed by atoms with Crippen molar-refractivity contribution in [3.8, 4) is 0 Å². The van der Waals surface area contributed by atoms with E-state index in [1.54, 1.807) is 24.2 Å². The Morgan fingerprint density at radius 3 is 2.82 bits per heavy atom. The van der Waals surface area contributed by atoms with Crippen LogP contribution in [0.4, 0.5) is 5.69 Å². The monoisotopic (exact) mass is 324 g/mol. The molecule has 2 aromatic rings. The van der Waals surface area contributed by atoms with Crippen molar-refractivity contribution in [2.75, 3.05) is 19.0 Å². The topological polar surface area (TPSA) is 82.2 Å². The van der Waals surface area contributed by atoms with Gasteiger partial charge in [0.25, 0.3) is 0 Å². The van der Waals surface area contributed by atoms with Gasteiger partial charge >= 0.3 is 0 Å². The van der Waals surface area contributed by atoms with E-state index in [-0.39, 0.29) is 30.8 Å². The number of hydrogen-bond acceptors (Lipinski definition) is 4. The van der Waals surface area contributed by atoms with Crippen LogP contribution in [0.3, 0.4) is 0 Å². The molecule has 0 radical (unpaired) electrons. The van der Waals surface area contributed by atoms with Crippen LogP contribution in [0.25, 0.3) is 0 Å².